The van der Waals surface area contributed by atoms with Crippen LogP contribution in [0.4, 0.5) is 10.7 Å². The van der Waals surface area contributed by atoms with Crippen molar-refractivity contribution >= 4 is 63.6 Å². The fraction of sp³-hybridized carbons (Fsp3) is 0.263. The number of rotatable bonds is 14. The molecule has 0 atom stereocenters. The number of methoxy groups -OCH3 is 3. The minimum absolute atomic E-state index is 0.0529. The van der Waals surface area contributed by atoms with Crippen molar-refractivity contribution in [3.63, 3.8) is 0 Å². The van der Waals surface area contributed by atoms with Crippen LogP contribution >= 0.6 is 23.1 Å². The highest BCUT2D eigenvalue weighted by atomic mass is 32.2. The first-order valence-electron chi connectivity index (χ1n) is 16.3. The maximum absolute atomic E-state index is 13.8. The molecular weight excluding hydrogens is 691 g/mol. The molecule has 3 amide bonds. The van der Waals surface area contributed by atoms with E-state index >= 15 is 0 Å². The molecule has 1 heterocycles. The van der Waals surface area contributed by atoms with Crippen LogP contribution in [0, 0.1) is 0 Å². The molecule has 4 aromatic rings. The lowest BCUT2D eigenvalue weighted by molar-refractivity contribution is -0.114. The molecule has 13 heteroatoms. The van der Waals surface area contributed by atoms with E-state index in [-0.39, 0.29) is 24.0 Å². The number of carbonyl (C=O) groups excluding carboxylic acids is 4. The Kier molecular flexibility index (Phi) is 12.8. The molecule has 0 aliphatic heterocycles. The minimum atomic E-state index is -0.593. The lowest BCUT2D eigenvalue weighted by atomic mass is 9.95. The molecule has 0 bridgehead atoms. The quantitative estimate of drug-likeness (QED) is 0.0713. The van der Waals surface area contributed by atoms with E-state index in [4.69, 9.17) is 18.9 Å². The maximum atomic E-state index is 13.8. The molecular formula is C38H39N3O8S2. The van der Waals surface area contributed by atoms with Crippen molar-refractivity contribution in [2.45, 2.75) is 37.5 Å². The lowest BCUT2D eigenvalue weighted by Crippen LogP contribution is -2.30. The second-order valence-electron chi connectivity index (χ2n) is 11.3. The predicted octanol–water partition coefficient (Wildman–Crippen LogP) is 6.97. The van der Waals surface area contributed by atoms with E-state index in [1.807, 2.05) is 6.07 Å². The Morgan fingerprint density at radius 3 is 2.29 bits per heavy atom. The summed E-state index contributed by atoms with van der Waals surface area (Å²) in [6.07, 6.45) is 5.20. The van der Waals surface area contributed by atoms with Gasteiger partial charge in [-0.1, -0.05) is 24.3 Å². The SMILES string of the molecule is CCOC(=O)c1c(NC(=O)CSc2cccc(NC(=O)/C(=C\c3cc(OC)c(OC)cc3OC)NC(=O)c3ccccc3)c2)sc2c1CCCC2. The molecule has 1 aliphatic rings. The Morgan fingerprint density at radius 2 is 1.57 bits per heavy atom. The van der Waals surface area contributed by atoms with Crippen LogP contribution in [0.1, 0.15) is 56.5 Å². The van der Waals surface area contributed by atoms with Gasteiger partial charge in [-0.15, -0.1) is 23.1 Å². The molecule has 0 radical (unpaired) electrons. The van der Waals surface area contributed by atoms with Gasteiger partial charge >= 0.3 is 5.97 Å². The van der Waals surface area contributed by atoms with Crippen LogP contribution < -0.4 is 30.2 Å². The fourth-order valence-electron chi connectivity index (χ4n) is 5.51. The van der Waals surface area contributed by atoms with E-state index in [9.17, 15) is 19.2 Å². The highest BCUT2D eigenvalue weighted by molar-refractivity contribution is 8.00. The van der Waals surface area contributed by atoms with Crippen molar-refractivity contribution in [1.29, 1.82) is 0 Å². The summed E-state index contributed by atoms with van der Waals surface area (Å²) < 4.78 is 21.7. The molecule has 5 rings (SSSR count). The van der Waals surface area contributed by atoms with Crippen molar-refractivity contribution in [2.24, 2.45) is 0 Å². The zero-order chi connectivity index (χ0) is 36.3. The molecule has 0 saturated carbocycles. The third-order valence-corrected chi connectivity index (χ3v) is 10.1. The monoisotopic (exact) mass is 729 g/mol. The van der Waals surface area contributed by atoms with E-state index in [2.05, 4.69) is 16.0 Å². The summed E-state index contributed by atoms with van der Waals surface area (Å²) in [5.41, 5.74) is 2.66. The summed E-state index contributed by atoms with van der Waals surface area (Å²) in [6, 6.07) is 18.8. The Hall–Kier alpha value is -5.27. The van der Waals surface area contributed by atoms with Gasteiger partial charge in [0.05, 0.1) is 39.3 Å². The van der Waals surface area contributed by atoms with E-state index < -0.39 is 17.8 Å². The zero-order valence-electron chi connectivity index (χ0n) is 28.8. The standard InChI is InChI=1S/C38H39N3O8S2/c1-5-49-38(45)34-27-16-9-10-17-32(27)51-37(34)41-33(42)22-50-26-15-11-14-25(20-26)39-36(44)28(40-35(43)23-12-7-6-8-13-23)18-24-19-30(47-3)31(48-4)21-29(24)46-2/h6-8,11-15,18-21H,5,9-10,16-17,22H2,1-4H3,(H,39,44)(H,40,43)(H,41,42)/b28-18+. The number of amides is 3. The molecule has 3 N–H and O–H groups in total. The normalized spacial score (nSPS) is 12.3. The minimum Gasteiger partial charge on any atom is -0.496 e. The summed E-state index contributed by atoms with van der Waals surface area (Å²) in [5, 5.41) is 9.04. The summed E-state index contributed by atoms with van der Waals surface area (Å²) in [5.74, 6) is -0.461. The number of thioether (sulfide) groups is 1. The first-order valence-corrected chi connectivity index (χ1v) is 18.1. The van der Waals surface area contributed by atoms with Gasteiger partial charge in [-0.3, -0.25) is 14.4 Å². The van der Waals surface area contributed by atoms with Crippen LogP contribution in [0.2, 0.25) is 0 Å². The van der Waals surface area contributed by atoms with Crippen LogP contribution in [-0.2, 0) is 27.2 Å². The van der Waals surface area contributed by atoms with Crippen molar-refractivity contribution in [2.75, 3.05) is 44.3 Å². The molecule has 11 nitrogen and oxygen atoms in total. The van der Waals surface area contributed by atoms with Gasteiger partial charge in [0.25, 0.3) is 11.8 Å². The molecule has 1 aliphatic carbocycles. The van der Waals surface area contributed by atoms with Crippen molar-refractivity contribution in [1.82, 2.24) is 5.32 Å². The first kappa shape index (κ1) is 37.0. The molecule has 51 heavy (non-hydrogen) atoms. The maximum Gasteiger partial charge on any atom is 0.341 e. The molecule has 266 valence electrons. The number of nitrogens with one attached hydrogen (secondary N) is 3. The Morgan fingerprint density at radius 1 is 0.843 bits per heavy atom. The van der Waals surface area contributed by atoms with E-state index in [1.165, 1.54) is 50.5 Å². The molecule has 0 unspecified atom stereocenters. The highest BCUT2D eigenvalue weighted by Gasteiger charge is 2.27. The number of thiophene rings is 1. The van der Waals surface area contributed by atoms with Gasteiger partial charge in [0.1, 0.15) is 16.4 Å². The third-order valence-electron chi connectivity index (χ3n) is 7.93. The summed E-state index contributed by atoms with van der Waals surface area (Å²) in [7, 11) is 4.48. The smallest absolute Gasteiger partial charge is 0.341 e. The van der Waals surface area contributed by atoms with E-state index in [0.29, 0.717) is 44.6 Å². The summed E-state index contributed by atoms with van der Waals surface area (Å²) >= 11 is 2.72. The van der Waals surface area contributed by atoms with Crippen LogP contribution in [0.5, 0.6) is 17.2 Å². The number of fused-ring (bicyclic) bond motifs is 1. The highest BCUT2D eigenvalue weighted by Crippen LogP contribution is 2.39. The number of anilines is 2. The van der Waals surface area contributed by atoms with Crippen LogP contribution in [0.25, 0.3) is 6.08 Å². The number of aryl methyl sites for hydroxylation is 1. The van der Waals surface area contributed by atoms with Crippen molar-refractivity contribution in [3.8, 4) is 17.2 Å². The Balaban J connectivity index is 1.33. The number of ether oxygens (including phenoxy) is 4. The van der Waals surface area contributed by atoms with Crippen LogP contribution in [0.3, 0.4) is 0 Å². The molecule has 0 fully saturated rings. The van der Waals surface area contributed by atoms with Crippen LogP contribution in [-0.4, -0.2) is 57.4 Å². The van der Waals surface area contributed by atoms with E-state index in [0.717, 1.165) is 41.0 Å². The molecule has 3 aromatic carbocycles. The van der Waals surface area contributed by atoms with Crippen molar-refractivity contribution < 1.29 is 38.1 Å². The number of benzene rings is 3. The predicted molar refractivity (Wildman–Crippen MR) is 199 cm³/mol. The second-order valence-corrected chi connectivity index (χ2v) is 13.4. The van der Waals surface area contributed by atoms with Gasteiger partial charge in [0.2, 0.25) is 5.91 Å². The number of esters is 1. The summed E-state index contributed by atoms with van der Waals surface area (Å²) in [6.45, 7) is 2.01. The van der Waals surface area contributed by atoms with Gasteiger partial charge in [0, 0.05) is 32.7 Å². The first-order chi connectivity index (χ1) is 24.7. The lowest BCUT2D eigenvalue weighted by Gasteiger charge is -2.15. The Bertz CT molecular complexity index is 1940. The van der Waals surface area contributed by atoms with Gasteiger partial charge in [-0.2, -0.15) is 0 Å². The number of hydrogen-bond donors (Lipinski definition) is 3. The molecule has 0 saturated heterocycles. The topological polar surface area (TPSA) is 141 Å². The third kappa shape index (κ3) is 9.30. The van der Waals surface area contributed by atoms with Crippen LogP contribution in [0.15, 0.2) is 77.3 Å². The van der Waals surface area contributed by atoms with Gasteiger partial charge in [-0.25, -0.2) is 4.79 Å². The zero-order valence-corrected chi connectivity index (χ0v) is 30.4. The molecule has 1 aromatic heterocycles. The van der Waals surface area contributed by atoms with Gasteiger partial charge < -0.3 is 34.9 Å². The van der Waals surface area contributed by atoms with Gasteiger partial charge in [0.15, 0.2) is 11.5 Å². The average Bonchev–Trinajstić information content (AvgIpc) is 3.51. The fourth-order valence-corrected chi connectivity index (χ4v) is 7.56. The Labute approximate surface area is 304 Å². The number of hydrogen-bond acceptors (Lipinski definition) is 10. The second kappa shape index (κ2) is 17.6. The summed E-state index contributed by atoms with van der Waals surface area (Å²) in [4.78, 5) is 54.7. The number of carbonyl (C=O) groups is 4. The molecule has 0 spiro atoms. The average molecular weight is 730 g/mol. The van der Waals surface area contributed by atoms with Gasteiger partial charge in [-0.05, 0) is 80.6 Å². The van der Waals surface area contributed by atoms with E-state index in [1.54, 1.807) is 67.6 Å². The van der Waals surface area contributed by atoms with Crippen molar-refractivity contribution in [3.05, 3.63) is 99.6 Å². The largest absolute Gasteiger partial charge is 0.496 e.